The average Bonchev–Trinajstić information content (AvgIpc) is 2.36. The van der Waals surface area contributed by atoms with E-state index in [2.05, 4.69) is 15.6 Å². The van der Waals surface area contributed by atoms with Crippen LogP contribution in [0.2, 0.25) is 10.0 Å². The van der Waals surface area contributed by atoms with Crippen LogP contribution in [-0.4, -0.2) is 11.0 Å². The number of nitrogens with zero attached hydrogens (tertiary/aromatic N) is 1. The number of urea groups is 1. The summed E-state index contributed by atoms with van der Waals surface area (Å²) in [6.07, 6.45) is 3.16. The van der Waals surface area contributed by atoms with Gasteiger partial charge in [-0.2, -0.15) is 0 Å². The Morgan fingerprint density at radius 3 is 2.67 bits per heavy atom. The minimum absolute atomic E-state index is 0.306. The molecule has 18 heavy (non-hydrogen) atoms. The molecule has 0 atom stereocenters. The molecule has 0 bridgehead atoms. The second kappa shape index (κ2) is 5.71. The van der Waals surface area contributed by atoms with Crippen molar-refractivity contribution >= 4 is 40.6 Å². The number of aromatic nitrogens is 1. The SMILES string of the molecule is O=C(Nc1cccnc1)Nc1cccc(Cl)c1Cl. The third-order valence-electron chi connectivity index (χ3n) is 2.12. The maximum absolute atomic E-state index is 11.7. The lowest BCUT2D eigenvalue weighted by Gasteiger charge is -2.09. The molecule has 0 fully saturated rings. The zero-order valence-corrected chi connectivity index (χ0v) is 10.7. The zero-order valence-electron chi connectivity index (χ0n) is 9.15. The number of benzene rings is 1. The van der Waals surface area contributed by atoms with Gasteiger partial charge in [-0.25, -0.2) is 4.79 Å². The van der Waals surface area contributed by atoms with Gasteiger partial charge in [0.1, 0.15) is 0 Å². The van der Waals surface area contributed by atoms with Crippen molar-refractivity contribution in [2.75, 3.05) is 10.6 Å². The highest BCUT2D eigenvalue weighted by Gasteiger charge is 2.08. The molecule has 0 unspecified atom stereocenters. The van der Waals surface area contributed by atoms with Gasteiger partial charge in [-0.3, -0.25) is 4.98 Å². The van der Waals surface area contributed by atoms with Gasteiger partial charge in [-0.05, 0) is 24.3 Å². The van der Waals surface area contributed by atoms with Gasteiger partial charge >= 0.3 is 6.03 Å². The first-order chi connectivity index (χ1) is 8.66. The average molecular weight is 282 g/mol. The maximum atomic E-state index is 11.7. The van der Waals surface area contributed by atoms with E-state index in [-0.39, 0.29) is 0 Å². The Balaban J connectivity index is 2.06. The molecule has 0 spiro atoms. The quantitative estimate of drug-likeness (QED) is 0.873. The number of pyridine rings is 1. The highest BCUT2D eigenvalue weighted by molar-refractivity contribution is 6.44. The maximum Gasteiger partial charge on any atom is 0.323 e. The number of anilines is 2. The fourth-order valence-corrected chi connectivity index (χ4v) is 1.67. The van der Waals surface area contributed by atoms with Crippen LogP contribution in [0.1, 0.15) is 0 Å². The number of hydrogen-bond donors (Lipinski definition) is 2. The van der Waals surface area contributed by atoms with Crippen LogP contribution in [0, 0.1) is 0 Å². The Morgan fingerprint density at radius 1 is 1.11 bits per heavy atom. The molecule has 0 saturated heterocycles. The van der Waals surface area contributed by atoms with Gasteiger partial charge < -0.3 is 10.6 Å². The number of nitrogens with one attached hydrogen (secondary N) is 2. The molecule has 1 aromatic heterocycles. The Labute approximate surface area is 114 Å². The standard InChI is InChI=1S/C12H9Cl2N3O/c13-9-4-1-5-10(11(9)14)17-12(18)16-8-3-2-6-15-7-8/h1-7H,(H2,16,17,18). The second-order valence-electron chi connectivity index (χ2n) is 3.42. The second-order valence-corrected chi connectivity index (χ2v) is 4.21. The summed E-state index contributed by atoms with van der Waals surface area (Å²) in [6.45, 7) is 0. The highest BCUT2D eigenvalue weighted by Crippen LogP contribution is 2.29. The minimum Gasteiger partial charge on any atom is -0.306 e. The van der Waals surface area contributed by atoms with E-state index in [4.69, 9.17) is 23.2 Å². The van der Waals surface area contributed by atoms with Gasteiger partial charge in [-0.1, -0.05) is 29.3 Å². The van der Waals surface area contributed by atoms with Gasteiger partial charge in [0, 0.05) is 6.20 Å². The molecule has 2 rings (SSSR count). The summed E-state index contributed by atoms with van der Waals surface area (Å²) in [4.78, 5) is 15.6. The number of halogens is 2. The predicted molar refractivity (Wildman–Crippen MR) is 73.3 cm³/mol. The molecule has 1 aromatic carbocycles. The third kappa shape index (κ3) is 3.12. The molecule has 2 amide bonds. The van der Waals surface area contributed by atoms with Crippen LogP contribution >= 0.6 is 23.2 Å². The number of carbonyl (C=O) groups excluding carboxylic acids is 1. The molecule has 0 radical (unpaired) electrons. The summed E-state index contributed by atoms with van der Waals surface area (Å²) in [7, 11) is 0. The van der Waals surface area contributed by atoms with E-state index in [0.717, 1.165) is 0 Å². The van der Waals surface area contributed by atoms with E-state index < -0.39 is 6.03 Å². The molecule has 0 saturated carbocycles. The zero-order chi connectivity index (χ0) is 13.0. The molecule has 6 heteroatoms. The first-order valence-electron chi connectivity index (χ1n) is 5.09. The Morgan fingerprint density at radius 2 is 1.94 bits per heavy atom. The molecule has 0 aliphatic heterocycles. The van der Waals surface area contributed by atoms with E-state index in [0.29, 0.717) is 21.4 Å². The molecule has 92 valence electrons. The molecular formula is C12H9Cl2N3O. The fourth-order valence-electron chi connectivity index (χ4n) is 1.32. The monoisotopic (exact) mass is 281 g/mol. The molecular weight excluding hydrogens is 273 g/mol. The summed E-state index contributed by atoms with van der Waals surface area (Å²) in [5, 5.41) is 5.92. The van der Waals surface area contributed by atoms with Crippen molar-refractivity contribution in [1.82, 2.24) is 4.98 Å². The van der Waals surface area contributed by atoms with Crippen molar-refractivity contribution in [3.05, 3.63) is 52.8 Å². The molecule has 2 aromatic rings. The first kappa shape index (κ1) is 12.7. The van der Waals surface area contributed by atoms with Crippen LogP contribution in [0.15, 0.2) is 42.7 Å². The van der Waals surface area contributed by atoms with Crippen LogP contribution < -0.4 is 10.6 Å². The normalized spacial score (nSPS) is 9.89. The summed E-state index contributed by atoms with van der Waals surface area (Å²) in [5.41, 5.74) is 1.04. The number of hydrogen-bond acceptors (Lipinski definition) is 2. The minimum atomic E-state index is -0.410. The van der Waals surface area contributed by atoms with E-state index in [9.17, 15) is 4.79 Å². The lowest BCUT2D eigenvalue weighted by Crippen LogP contribution is -2.19. The number of carbonyl (C=O) groups is 1. The molecule has 0 aliphatic carbocycles. The van der Waals surface area contributed by atoms with Gasteiger partial charge in [0.25, 0.3) is 0 Å². The predicted octanol–water partition coefficient (Wildman–Crippen LogP) is 4.03. The lowest BCUT2D eigenvalue weighted by atomic mass is 10.3. The van der Waals surface area contributed by atoms with Crippen LogP contribution in [0.4, 0.5) is 16.2 Å². The summed E-state index contributed by atoms with van der Waals surface area (Å²) < 4.78 is 0. The van der Waals surface area contributed by atoms with Crippen molar-refractivity contribution in [3.8, 4) is 0 Å². The van der Waals surface area contributed by atoms with Crippen LogP contribution in [0.5, 0.6) is 0 Å². The van der Waals surface area contributed by atoms with E-state index in [1.807, 2.05) is 0 Å². The molecule has 0 aliphatic rings. The van der Waals surface area contributed by atoms with Crippen molar-refractivity contribution < 1.29 is 4.79 Å². The summed E-state index contributed by atoms with van der Waals surface area (Å²) >= 11 is 11.8. The molecule has 4 nitrogen and oxygen atoms in total. The van der Waals surface area contributed by atoms with Gasteiger partial charge in [0.05, 0.1) is 27.6 Å². The van der Waals surface area contributed by atoms with Crippen molar-refractivity contribution in [3.63, 3.8) is 0 Å². The van der Waals surface area contributed by atoms with Gasteiger partial charge in [0.2, 0.25) is 0 Å². The largest absolute Gasteiger partial charge is 0.323 e. The smallest absolute Gasteiger partial charge is 0.306 e. The van der Waals surface area contributed by atoms with Crippen LogP contribution in [-0.2, 0) is 0 Å². The fraction of sp³-hybridized carbons (Fsp3) is 0. The van der Waals surface area contributed by atoms with Gasteiger partial charge in [-0.15, -0.1) is 0 Å². The van der Waals surface area contributed by atoms with Crippen molar-refractivity contribution in [1.29, 1.82) is 0 Å². The van der Waals surface area contributed by atoms with Crippen LogP contribution in [0.3, 0.4) is 0 Å². The Hall–Kier alpha value is -1.78. The summed E-state index contributed by atoms with van der Waals surface area (Å²) in [5.74, 6) is 0. The van der Waals surface area contributed by atoms with E-state index in [1.165, 1.54) is 0 Å². The topological polar surface area (TPSA) is 54.0 Å². The lowest BCUT2D eigenvalue weighted by molar-refractivity contribution is 0.262. The third-order valence-corrected chi connectivity index (χ3v) is 2.94. The Bertz CT molecular complexity index is 561. The highest BCUT2D eigenvalue weighted by atomic mass is 35.5. The number of rotatable bonds is 2. The summed E-state index contributed by atoms with van der Waals surface area (Å²) in [6, 6.07) is 8.06. The molecule has 2 N–H and O–H groups in total. The number of amides is 2. The van der Waals surface area contributed by atoms with Crippen LogP contribution in [0.25, 0.3) is 0 Å². The van der Waals surface area contributed by atoms with E-state index >= 15 is 0 Å². The van der Waals surface area contributed by atoms with Crippen molar-refractivity contribution in [2.45, 2.75) is 0 Å². The van der Waals surface area contributed by atoms with Crippen molar-refractivity contribution in [2.24, 2.45) is 0 Å². The van der Waals surface area contributed by atoms with Gasteiger partial charge in [0.15, 0.2) is 0 Å². The van der Waals surface area contributed by atoms with E-state index in [1.54, 1.807) is 42.7 Å². The first-order valence-corrected chi connectivity index (χ1v) is 5.84. The Kier molecular flexibility index (Phi) is 4.02. The molecule has 1 heterocycles.